The highest BCUT2D eigenvalue weighted by Gasteiger charge is 2.27. The van der Waals surface area contributed by atoms with E-state index in [-0.39, 0.29) is 11.8 Å². The Morgan fingerprint density at radius 1 is 1.08 bits per heavy atom. The summed E-state index contributed by atoms with van der Waals surface area (Å²) in [4.78, 5) is 31.5. The van der Waals surface area contributed by atoms with Crippen molar-refractivity contribution in [2.24, 2.45) is 0 Å². The lowest BCUT2D eigenvalue weighted by molar-refractivity contribution is 0.0532. The molecule has 1 saturated heterocycles. The lowest BCUT2D eigenvalue weighted by atomic mass is 10.2. The molecule has 6 nitrogen and oxygen atoms in total. The molecule has 0 aliphatic carbocycles. The van der Waals surface area contributed by atoms with Crippen molar-refractivity contribution in [3.63, 3.8) is 0 Å². The molecule has 4 heterocycles. The quantitative estimate of drug-likeness (QED) is 0.691. The van der Waals surface area contributed by atoms with Crippen LogP contribution in [0.5, 0.6) is 0 Å². The van der Waals surface area contributed by atoms with E-state index >= 15 is 0 Å². The first-order valence-corrected chi connectivity index (χ1v) is 9.97. The zero-order chi connectivity index (χ0) is 18.1. The minimum absolute atomic E-state index is 0.0385. The van der Waals surface area contributed by atoms with Crippen LogP contribution in [0.4, 0.5) is 0 Å². The van der Waals surface area contributed by atoms with E-state index in [4.69, 9.17) is 4.52 Å². The fourth-order valence-electron chi connectivity index (χ4n) is 2.89. The molecule has 1 fully saturated rings. The van der Waals surface area contributed by atoms with Crippen molar-refractivity contribution in [1.82, 2.24) is 15.0 Å². The molecule has 0 bridgehead atoms. The number of carbonyl (C=O) groups excluding carboxylic acids is 2. The number of hydrogen-bond donors (Lipinski definition) is 0. The number of rotatable bonds is 3. The van der Waals surface area contributed by atoms with Crippen LogP contribution in [0.25, 0.3) is 10.6 Å². The molecule has 2 amide bonds. The molecule has 1 aliphatic rings. The predicted molar refractivity (Wildman–Crippen MR) is 101 cm³/mol. The second kappa shape index (κ2) is 7.05. The highest BCUT2D eigenvalue weighted by molar-refractivity contribution is 7.14. The second-order valence-corrected chi connectivity index (χ2v) is 8.28. The van der Waals surface area contributed by atoms with Gasteiger partial charge in [-0.15, -0.1) is 22.7 Å². The van der Waals surface area contributed by atoms with E-state index in [2.05, 4.69) is 5.16 Å². The molecule has 26 heavy (non-hydrogen) atoms. The fourth-order valence-corrected chi connectivity index (χ4v) is 4.40. The molecule has 0 N–H and O–H groups in total. The Morgan fingerprint density at radius 2 is 1.81 bits per heavy atom. The van der Waals surface area contributed by atoms with Crippen molar-refractivity contribution in [3.8, 4) is 10.6 Å². The van der Waals surface area contributed by atoms with Gasteiger partial charge in [-0.1, -0.05) is 11.2 Å². The molecule has 134 valence electrons. The first-order chi connectivity index (χ1) is 12.6. The van der Waals surface area contributed by atoms with E-state index in [1.54, 1.807) is 15.9 Å². The average Bonchev–Trinajstić information content (AvgIpc) is 3.41. The van der Waals surface area contributed by atoms with Gasteiger partial charge in [-0.3, -0.25) is 9.59 Å². The highest BCUT2D eigenvalue weighted by Crippen LogP contribution is 2.25. The maximum absolute atomic E-state index is 12.6. The first kappa shape index (κ1) is 17.0. The van der Waals surface area contributed by atoms with E-state index in [0.29, 0.717) is 37.6 Å². The van der Waals surface area contributed by atoms with E-state index in [9.17, 15) is 9.59 Å². The van der Waals surface area contributed by atoms with Gasteiger partial charge in [-0.05, 0) is 30.5 Å². The van der Waals surface area contributed by atoms with Crippen LogP contribution in [0.15, 0.2) is 40.2 Å². The number of hydrogen-bond acceptors (Lipinski definition) is 6. The van der Waals surface area contributed by atoms with Gasteiger partial charge in [0.1, 0.15) is 0 Å². The molecule has 0 saturated carbocycles. The Hall–Kier alpha value is -2.45. The smallest absolute Gasteiger partial charge is 0.276 e. The van der Waals surface area contributed by atoms with Crippen molar-refractivity contribution in [2.45, 2.75) is 6.92 Å². The number of amides is 2. The molecule has 4 rings (SSSR count). The largest absolute Gasteiger partial charge is 0.355 e. The summed E-state index contributed by atoms with van der Waals surface area (Å²) in [6.45, 7) is 4.03. The summed E-state index contributed by atoms with van der Waals surface area (Å²) < 4.78 is 5.29. The maximum atomic E-state index is 12.6. The number of nitrogens with zero attached hydrogens (tertiary/aromatic N) is 3. The number of aromatic nitrogens is 1. The molecule has 1 aliphatic heterocycles. The van der Waals surface area contributed by atoms with Crippen LogP contribution >= 0.6 is 22.7 Å². The molecule has 3 aromatic rings. The monoisotopic (exact) mass is 387 g/mol. The molecule has 3 aromatic heterocycles. The van der Waals surface area contributed by atoms with Crippen LogP contribution in [-0.4, -0.2) is 52.9 Å². The normalized spacial score (nSPS) is 14.7. The van der Waals surface area contributed by atoms with Crippen molar-refractivity contribution in [1.29, 1.82) is 0 Å². The van der Waals surface area contributed by atoms with Gasteiger partial charge in [0.25, 0.3) is 11.8 Å². The number of carbonyl (C=O) groups is 2. The molecule has 0 spiro atoms. The van der Waals surface area contributed by atoms with Gasteiger partial charge < -0.3 is 14.3 Å². The zero-order valence-electron chi connectivity index (χ0n) is 14.2. The fraction of sp³-hybridized carbons (Fsp3) is 0.278. The van der Waals surface area contributed by atoms with Gasteiger partial charge in [0.2, 0.25) is 0 Å². The van der Waals surface area contributed by atoms with E-state index in [1.807, 2.05) is 36.6 Å². The second-order valence-electron chi connectivity index (χ2n) is 6.05. The Balaban J connectivity index is 1.38. The van der Waals surface area contributed by atoms with Gasteiger partial charge >= 0.3 is 0 Å². The Morgan fingerprint density at radius 3 is 2.42 bits per heavy atom. The number of piperazine rings is 1. The van der Waals surface area contributed by atoms with Crippen LogP contribution < -0.4 is 0 Å². The summed E-state index contributed by atoms with van der Waals surface area (Å²) in [7, 11) is 0. The van der Waals surface area contributed by atoms with E-state index < -0.39 is 0 Å². The summed E-state index contributed by atoms with van der Waals surface area (Å²) >= 11 is 3.04. The van der Waals surface area contributed by atoms with Crippen molar-refractivity contribution < 1.29 is 14.1 Å². The van der Waals surface area contributed by atoms with Gasteiger partial charge in [-0.2, -0.15) is 0 Å². The topological polar surface area (TPSA) is 66.7 Å². The summed E-state index contributed by atoms with van der Waals surface area (Å²) in [5.41, 5.74) is 0.307. The standard InChI is InChI=1S/C18H17N3O3S2/c1-12-4-5-16(26-12)18(23)21-8-6-20(7-9-21)17(22)13-11-14(24-19-13)15-3-2-10-25-15/h2-5,10-11H,6-9H2,1H3. The third kappa shape index (κ3) is 3.30. The maximum Gasteiger partial charge on any atom is 0.276 e. The van der Waals surface area contributed by atoms with Crippen molar-refractivity contribution in [2.75, 3.05) is 26.2 Å². The van der Waals surface area contributed by atoms with Crippen LogP contribution in [0.3, 0.4) is 0 Å². The third-order valence-electron chi connectivity index (χ3n) is 4.30. The van der Waals surface area contributed by atoms with Gasteiger partial charge in [0, 0.05) is 37.1 Å². The van der Waals surface area contributed by atoms with Crippen molar-refractivity contribution in [3.05, 3.63) is 51.2 Å². The number of thiophene rings is 2. The molecular formula is C18H17N3O3S2. The molecule has 0 unspecified atom stereocenters. The molecule has 0 atom stereocenters. The molecule has 8 heteroatoms. The summed E-state index contributed by atoms with van der Waals surface area (Å²) in [6.07, 6.45) is 0. The van der Waals surface area contributed by atoms with Crippen LogP contribution in [0, 0.1) is 6.92 Å². The zero-order valence-corrected chi connectivity index (χ0v) is 15.8. The van der Waals surface area contributed by atoms with Gasteiger partial charge in [0.15, 0.2) is 11.5 Å². The Bertz CT molecular complexity index is 921. The third-order valence-corrected chi connectivity index (χ3v) is 6.17. The Kier molecular flexibility index (Phi) is 4.60. The Labute approximate surface area is 158 Å². The first-order valence-electron chi connectivity index (χ1n) is 8.27. The van der Waals surface area contributed by atoms with Crippen LogP contribution in [-0.2, 0) is 0 Å². The molecule has 0 aromatic carbocycles. The highest BCUT2D eigenvalue weighted by atomic mass is 32.1. The summed E-state index contributed by atoms with van der Waals surface area (Å²) in [5.74, 6) is 0.484. The minimum atomic E-state index is -0.157. The minimum Gasteiger partial charge on any atom is -0.355 e. The van der Waals surface area contributed by atoms with Crippen LogP contribution in [0.2, 0.25) is 0 Å². The van der Waals surface area contributed by atoms with E-state index in [1.165, 1.54) is 22.7 Å². The number of aryl methyl sites for hydroxylation is 1. The predicted octanol–water partition coefficient (Wildman–Crippen LogP) is 3.37. The van der Waals surface area contributed by atoms with Gasteiger partial charge in [-0.25, -0.2) is 0 Å². The SMILES string of the molecule is Cc1ccc(C(=O)N2CCN(C(=O)c3cc(-c4cccs4)on3)CC2)s1. The van der Waals surface area contributed by atoms with E-state index in [0.717, 1.165) is 14.6 Å². The lowest BCUT2D eigenvalue weighted by Crippen LogP contribution is -2.50. The summed E-state index contributed by atoms with van der Waals surface area (Å²) in [6, 6.07) is 9.35. The average molecular weight is 387 g/mol. The molecule has 0 radical (unpaired) electrons. The molecular weight excluding hydrogens is 370 g/mol. The lowest BCUT2D eigenvalue weighted by Gasteiger charge is -2.34. The van der Waals surface area contributed by atoms with Crippen LogP contribution in [0.1, 0.15) is 25.0 Å². The van der Waals surface area contributed by atoms with Gasteiger partial charge in [0.05, 0.1) is 9.75 Å². The van der Waals surface area contributed by atoms with Crippen molar-refractivity contribution >= 4 is 34.5 Å². The summed E-state index contributed by atoms with van der Waals surface area (Å²) in [5, 5.41) is 5.86.